The molecule has 2 amide bonds. The highest BCUT2D eigenvalue weighted by Crippen LogP contribution is 2.28. The van der Waals surface area contributed by atoms with Crippen LogP contribution < -0.4 is 20.9 Å². The maximum atomic E-state index is 14.6. The lowest BCUT2D eigenvalue weighted by Gasteiger charge is -2.21. The highest BCUT2D eigenvalue weighted by Gasteiger charge is 2.32. The van der Waals surface area contributed by atoms with Gasteiger partial charge >= 0.3 is 12.5 Å². The number of benzene rings is 1. The second-order valence-electron chi connectivity index (χ2n) is 5.99. The van der Waals surface area contributed by atoms with Crippen LogP contribution in [0, 0.1) is 5.82 Å². The summed E-state index contributed by atoms with van der Waals surface area (Å²) in [6.45, 7) is 0.721. The van der Waals surface area contributed by atoms with Crippen LogP contribution in [0.3, 0.4) is 0 Å². The van der Waals surface area contributed by atoms with Gasteiger partial charge in [0.1, 0.15) is 11.9 Å². The molecule has 1 unspecified atom stereocenters. The molecule has 11 heteroatoms. The zero-order valence-electron chi connectivity index (χ0n) is 15.3. The van der Waals surface area contributed by atoms with Crippen LogP contribution in [0.5, 0.6) is 0 Å². The van der Waals surface area contributed by atoms with Crippen LogP contribution in [0.4, 0.5) is 29.3 Å². The van der Waals surface area contributed by atoms with Crippen molar-refractivity contribution in [1.29, 1.82) is 0 Å². The van der Waals surface area contributed by atoms with Gasteiger partial charge in [0.25, 0.3) is 5.91 Å². The summed E-state index contributed by atoms with van der Waals surface area (Å²) in [5.74, 6) is -1.94. The van der Waals surface area contributed by atoms with E-state index in [-0.39, 0.29) is 25.2 Å². The molecule has 3 N–H and O–H groups in total. The fourth-order valence-corrected chi connectivity index (χ4v) is 2.73. The Labute approximate surface area is 160 Å². The first kappa shape index (κ1) is 21.5. The van der Waals surface area contributed by atoms with Crippen LogP contribution in [-0.2, 0) is 9.53 Å². The molecule has 28 heavy (non-hydrogen) atoms. The Hall–Kier alpha value is -2.82. The van der Waals surface area contributed by atoms with Crippen molar-refractivity contribution in [2.45, 2.75) is 19.0 Å². The van der Waals surface area contributed by atoms with Gasteiger partial charge in [-0.05, 0) is 18.2 Å². The molecule has 0 aliphatic carbocycles. The maximum Gasteiger partial charge on any atom is 0.414 e. The summed E-state index contributed by atoms with van der Waals surface area (Å²) in [4.78, 5) is 29.6. The summed E-state index contributed by atoms with van der Waals surface area (Å²) in [7, 11) is 1.56. The summed E-state index contributed by atoms with van der Waals surface area (Å²) in [5.41, 5.74) is 6.08. The molecule has 154 valence electrons. The number of carbonyl (C=O) groups is 2. The molecular formula is C17H22F3N5O3. The SMILES string of the molecule is CN=CN(CCN)c1ccc(N2CC(CCNC(=O)C(F)F)OC2=O)cc1F. The van der Waals surface area contributed by atoms with E-state index < -0.39 is 30.3 Å². The second-order valence-corrected chi connectivity index (χ2v) is 5.99. The monoisotopic (exact) mass is 401 g/mol. The average molecular weight is 401 g/mol. The minimum atomic E-state index is -3.10. The first-order valence-corrected chi connectivity index (χ1v) is 8.60. The minimum absolute atomic E-state index is 0.0628. The van der Waals surface area contributed by atoms with Gasteiger partial charge in [-0.2, -0.15) is 8.78 Å². The number of hydrogen-bond donors (Lipinski definition) is 2. The summed E-state index contributed by atoms with van der Waals surface area (Å²) in [6, 6.07) is 4.27. The highest BCUT2D eigenvalue weighted by atomic mass is 19.3. The zero-order chi connectivity index (χ0) is 20.7. The lowest BCUT2D eigenvalue weighted by molar-refractivity contribution is -0.131. The third-order valence-electron chi connectivity index (χ3n) is 4.02. The van der Waals surface area contributed by atoms with Gasteiger partial charge in [-0.1, -0.05) is 0 Å². The lowest BCUT2D eigenvalue weighted by Crippen LogP contribution is -2.32. The molecular weight excluding hydrogens is 379 g/mol. The molecule has 1 aromatic carbocycles. The molecule has 0 bridgehead atoms. The van der Waals surface area contributed by atoms with Crippen LogP contribution in [0.2, 0.25) is 0 Å². The van der Waals surface area contributed by atoms with Gasteiger partial charge in [0.15, 0.2) is 0 Å². The average Bonchev–Trinajstić information content (AvgIpc) is 3.02. The Morgan fingerprint density at radius 1 is 1.54 bits per heavy atom. The molecule has 0 radical (unpaired) electrons. The molecule has 1 aromatic rings. The van der Waals surface area contributed by atoms with Crippen LogP contribution >= 0.6 is 0 Å². The predicted molar refractivity (Wildman–Crippen MR) is 98.5 cm³/mol. The maximum absolute atomic E-state index is 14.6. The zero-order valence-corrected chi connectivity index (χ0v) is 15.3. The van der Waals surface area contributed by atoms with E-state index in [2.05, 4.69) is 4.99 Å². The topological polar surface area (TPSA) is 100 Å². The molecule has 1 atom stereocenters. The molecule has 1 aliphatic heterocycles. The molecule has 8 nitrogen and oxygen atoms in total. The summed E-state index contributed by atoms with van der Waals surface area (Å²) >= 11 is 0. The van der Waals surface area contributed by atoms with Crippen molar-refractivity contribution in [3.05, 3.63) is 24.0 Å². The number of nitrogens with two attached hydrogens (primary N) is 1. The van der Waals surface area contributed by atoms with Gasteiger partial charge in [0.2, 0.25) is 0 Å². The van der Waals surface area contributed by atoms with Gasteiger partial charge in [-0.25, -0.2) is 9.18 Å². The summed E-state index contributed by atoms with van der Waals surface area (Å²) in [6.07, 6.45) is -2.75. The number of halogens is 3. The van der Waals surface area contributed by atoms with Gasteiger partial charge < -0.3 is 20.7 Å². The fourth-order valence-electron chi connectivity index (χ4n) is 2.73. The van der Waals surface area contributed by atoms with Crippen molar-refractivity contribution in [2.75, 3.05) is 43.0 Å². The van der Waals surface area contributed by atoms with Gasteiger partial charge in [-0.3, -0.25) is 14.7 Å². The standard InChI is InChI=1S/C17H22F3N5O3/c1-22-10-24(7-5-21)14-3-2-11(8-13(14)18)25-9-12(28-17(25)27)4-6-23-16(26)15(19)20/h2-3,8,10,12,15H,4-7,9,21H2,1H3,(H,23,26). The number of alkyl halides is 2. The van der Waals surface area contributed by atoms with E-state index in [0.29, 0.717) is 18.8 Å². The van der Waals surface area contributed by atoms with Crippen LogP contribution in [0.15, 0.2) is 23.2 Å². The molecule has 0 aromatic heterocycles. The van der Waals surface area contributed by atoms with Crippen molar-refractivity contribution >= 4 is 29.7 Å². The highest BCUT2D eigenvalue weighted by molar-refractivity contribution is 5.90. The van der Waals surface area contributed by atoms with E-state index in [1.807, 2.05) is 5.32 Å². The number of rotatable bonds is 9. The first-order valence-electron chi connectivity index (χ1n) is 8.60. The lowest BCUT2D eigenvalue weighted by atomic mass is 10.2. The number of hydrogen-bond acceptors (Lipinski definition) is 5. The van der Waals surface area contributed by atoms with Gasteiger partial charge in [-0.15, -0.1) is 0 Å². The number of cyclic esters (lactones) is 1. The number of nitrogens with one attached hydrogen (secondary N) is 1. The van der Waals surface area contributed by atoms with Crippen molar-refractivity contribution in [2.24, 2.45) is 10.7 Å². The number of anilines is 2. The Balaban J connectivity index is 2.02. The smallest absolute Gasteiger partial charge is 0.414 e. The third-order valence-corrected chi connectivity index (χ3v) is 4.02. The van der Waals surface area contributed by atoms with Crippen molar-refractivity contribution in [1.82, 2.24) is 5.32 Å². The molecule has 1 fully saturated rings. The Kier molecular flexibility index (Phi) is 7.61. The summed E-state index contributed by atoms with van der Waals surface area (Å²) in [5, 5.41) is 2.04. The predicted octanol–water partition coefficient (Wildman–Crippen LogP) is 1.35. The third kappa shape index (κ3) is 5.35. The first-order chi connectivity index (χ1) is 13.4. The quantitative estimate of drug-likeness (QED) is 0.481. The number of carbonyl (C=O) groups excluding carboxylic acids is 2. The van der Waals surface area contributed by atoms with Gasteiger partial charge in [0, 0.05) is 33.1 Å². The molecule has 1 aliphatic rings. The fraction of sp³-hybridized carbons (Fsp3) is 0.471. The van der Waals surface area contributed by atoms with E-state index in [9.17, 15) is 22.8 Å². The second kappa shape index (κ2) is 9.93. The number of nitrogens with zero attached hydrogens (tertiary/aromatic N) is 3. The van der Waals surface area contributed by atoms with E-state index in [0.717, 1.165) is 0 Å². The Morgan fingerprint density at radius 3 is 2.89 bits per heavy atom. The van der Waals surface area contributed by atoms with Crippen LogP contribution in [-0.4, -0.2) is 64.1 Å². The molecule has 0 spiro atoms. The molecule has 2 rings (SSSR count). The normalized spacial score (nSPS) is 16.7. The Morgan fingerprint density at radius 2 is 2.29 bits per heavy atom. The van der Waals surface area contributed by atoms with E-state index in [4.69, 9.17) is 10.5 Å². The molecule has 1 saturated heterocycles. The minimum Gasteiger partial charge on any atom is -0.444 e. The summed E-state index contributed by atoms with van der Waals surface area (Å²) < 4.78 is 44.0. The van der Waals surface area contributed by atoms with Crippen LogP contribution in [0.1, 0.15) is 6.42 Å². The van der Waals surface area contributed by atoms with Crippen LogP contribution in [0.25, 0.3) is 0 Å². The number of amides is 2. The van der Waals surface area contributed by atoms with E-state index in [1.165, 1.54) is 23.4 Å². The van der Waals surface area contributed by atoms with E-state index in [1.54, 1.807) is 18.0 Å². The van der Waals surface area contributed by atoms with Crippen molar-refractivity contribution < 1.29 is 27.5 Å². The largest absolute Gasteiger partial charge is 0.444 e. The molecule has 1 heterocycles. The number of aliphatic imine (C=N–C) groups is 1. The van der Waals surface area contributed by atoms with Crippen molar-refractivity contribution in [3.63, 3.8) is 0 Å². The number of ether oxygens (including phenoxy) is 1. The van der Waals surface area contributed by atoms with E-state index >= 15 is 0 Å². The Bertz CT molecular complexity index is 732. The van der Waals surface area contributed by atoms with Crippen molar-refractivity contribution in [3.8, 4) is 0 Å². The molecule has 0 saturated carbocycles. The van der Waals surface area contributed by atoms with Gasteiger partial charge in [0.05, 0.1) is 24.3 Å².